The number of sulfonamides is 1. The van der Waals surface area contributed by atoms with Crippen molar-refractivity contribution >= 4 is 21.7 Å². The minimum absolute atomic E-state index is 0.280. The molecule has 7 nitrogen and oxygen atoms in total. The van der Waals surface area contributed by atoms with E-state index in [1.807, 2.05) is 39.0 Å². The fraction of sp³-hybridized carbons (Fsp3) is 0.500. The van der Waals surface area contributed by atoms with Crippen LogP contribution >= 0.6 is 0 Å². The Hall–Kier alpha value is -2.19. The molecule has 0 atom stereocenters. The Labute approximate surface area is 167 Å². The zero-order valence-electron chi connectivity index (χ0n) is 16.8. The molecule has 0 saturated carbocycles. The van der Waals surface area contributed by atoms with E-state index in [9.17, 15) is 8.42 Å². The SMILES string of the molecule is CC(C)(C)NS(=O)(=O)c1ccccc1CNc1cc(N2CCCCC2)ncn1. The quantitative estimate of drug-likeness (QED) is 0.770. The van der Waals surface area contributed by atoms with Crippen molar-refractivity contribution in [2.24, 2.45) is 0 Å². The van der Waals surface area contributed by atoms with Gasteiger partial charge in [-0.05, 0) is 51.7 Å². The molecule has 1 aromatic heterocycles. The first kappa shape index (κ1) is 20.5. The maximum Gasteiger partial charge on any atom is 0.241 e. The van der Waals surface area contributed by atoms with Crippen molar-refractivity contribution in [2.45, 2.75) is 57.0 Å². The van der Waals surface area contributed by atoms with Crippen LogP contribution in [0.15, 0.2) is 41.6 Å². The van der Waals surface area contributed by atoms with Gasteiger partial charge in [-0.25, -0.2) is 23.1 Å². The van der Waals surface area contributed by atoms with Crippen LogP contribution in [-0.4, -0.2) is 37.0 Å². The predicted molar refractivity (Wildman–Crippen MR) is 112 cm³/mol. The molecular formula is C20H29N5O2S. The standard InChI is InChI=1S/C20H29N5O2S/c1-20(2,3)24-28(26,27)17-10-6-5-9-16(17)14-21-18-13-19(23-15-22-18)25-11-7-4-8-12-25/h5-6,9-10,13,15,24H,4,7-8,11-12,14H2,1-3H3,(H,21,22,23). The Morgan fingerprint density at radius 2 is 1.79 bits per heavy atom. The highest BCUT2D eigenvalue weighted by Gasteiger charge is 2.24. The van der Waals surface area contributed by atoms with Gasteiger partial charge in [0, 0.05) is 31.2 Å². The molecule has 1 saturated heterocycles. The molecular weight excluding hydrogens is 374 g/mol. The van der Waals surface area contributed by atoms with Gasteiger partial charge < -0.3 is 10.2 Å². The number of hydrogen-bond acceptors (Lipinski definition) is 6. The number of nitrogens with zero attached hydrogens (tertiary/aromatic N) is 3. The van der Waals surface area contributed by atoms with E-state index in [1.54, 1.807) is 18.5 Å². The molecule has 2 heterocycles. The van der Waals surface area contributed by atoms with E-state index in [1.165, 1.54) is 19.3 Å². The molecule has 2 aromatic rings. The van der Waals surface area contributed by atoms with Crippen LogP contribution in [0.3, 0.4) is 0 Å². The van der Waals surface area contributed by atoms with E-state index < -0.39 is 15.6 Å². The first-order valence-electron chi connectivity index (χ1n) is 9.67. The first-order valence-corrected chi connectivity index (χ1v) is 11.2. The highest BCUT2D eigenvalue weighted by atomic mass is 32.2. The summed E-state index contributed by atoms with van der Waals surface area (Å²) in [5.74, 6) is 1.60. The Balaban J connectivity index is 1.75. The lowest BCUT2D eigenvalue weighted by atomic mass is 10.1. The summed E-state index contributed by atoms with van der Waals surface area (Å²) in [5.41, 5.74) is 0.146. The van der Waals surface area contributed by atoms with Crippen LogP contribution in [0.2, 0.25) is 0 Å². The van der Waals surface area contributed by atoms with Gasteiger partial charge in [-0.3, -0.25) is 0 Å². The highest BCUT2D eigenvalue weighted by molar-refractivity contribution is 7.89. The molecule has 0 radical (unpaired) electrons. The number of benzene rings is 1. The van der Waals surface area contributed by atoms with Crippen molar-refractivity contribution in [3.05, 3.63) is 42.2 Å². The van der Waals surface area contributed by atoms with Crippen molar-refractivity contribution < 1.29 is 8.42 Å². The second-order valence-corrected chi connectivity index (χ2v) is 9.78. The van der Waals surface area contributed by atoms with Gasteiger partial charge in [0.25, 0.3) is 0 Å². The fourth-order valence-corrected chi connectivity index (χ4v) is 4.95. The Kier molecular flexibility index (Phi) is 6.20. The molecule has 0 amide bonds. The topological polar surface area (TPSA) is 87.2 Å². The molecule has 8 heteroatoms. The summed E-state index contributed by atoms with van der Waals surface area (Å²) < 4.78 is 28.3. The third-order valence-electron chi connectivity index (χ3n) is 4.50. The zero-order valence-corrected chi connectivity index (χ0v) is 17.6. The van der Waals surface area contributed by atoms with E-state index in [0.29, 0.717) is 17.9 Å². The second kappa shape index (κ2) is 8.45. The van der Waals surface area contributed by atoms with Gasteiger partial charge in [-0.1, -0.05) is 18.2 Å². The van der Waals surface area contributed by atoms with Crippen LogP contribution in [0.5, 0.6) is 0 Å². The van der Waals surface area contributed by atoms with Gasteiger partial charge in [0.05, 0.1) is 4.90 Å². The Morgan fingerprint density at radius 3 is 2.50 bits per heavy atom. The molecule has 152 valence electrons. The fourth-order valence-electron chi connectivity index (χ4n) is 3.30. The van der Waals surface area contributed by atoms with E-state index in [0.717, 1.165) is 18.9 Å². The lowest BCUT2D eigenvalue weighted by Crippen LogP contribution is -2.40. The summed E-state index contributed by atoms with van der Waals surface area (Å²) in [7, 11) is -3.61. The van der Waals surface area contributed by atoms with Crippen LogP contribution in [0.1, 0.15) is 45.6 Å². The summed E-state index contributed by atoms with van der Waals surface area (Å²) in [5, 5.41) is 3.25. The van der Waals surface area contributed by atoms with Crippen molar-refractivity contribution in [1.29, 1.82) is 0 Å². The normalized spacial score (nSPS) is 15.5. The van der Waals surface area contributed by atoms with Crippen LogP contribution in [-0.2, 0) is 16.6 Å². The molecule has 3 rings (SSSR count). The summed E-state index contributed by atoms with van der Waals surface area (Å²) in [6.07, 6.45) is 5.17. The van der Waals surface area contributed by atoms with Gasteiger partial charge >= 0.3 is 0 Å². The third-order valence-corrected chi connectivity index (χ3v) is 6.35. The van der Waals surface area contributed by atoms with Gasteiger partial charge in [0.2, 0.25) is 10.0 Å². The molecule has 28 heavy (non-hydrogen) atoms. The molecule has 1 aromatic carbocycles. The average molecular weight is 404 g/mol. The first-order chi connectivity index (χ1) is 13.2. The Bertz CT molecular complexity index is 903. The van der Waals surface area contributed by atoms with E-state index in [2.05, 4.69) is 24.9 Å². The minimum Gasteiger partial charge on any atom is -0.366 e. The summed E-state index contributed by atoms with van der Waals surface area (Å²) in [6.45, 7) is 7.86. The van der Waals surface area contributed by atoms with Crippen molar-refractivity contribution in [3.8, 4) is 0 Å². The maximum absolute atomic E-state index is 12.8. The van der Waals surface area contributed by atoms with E-state index in [4.69, 9.17) is 0 Å². The highest BCUT2D eigenvalue weighted by Crippen LogP contribution is 2.21. The maximum atomic E-state index is 12.8. The largest absolute Gasteiger partial charge is 0.366 e. The molecule has 0 aliphatic carbocycles. The molecule has 2 N–H and O–H groups in total. The van der Waals surface area contributed by atoms with Gasteiger partial charge in [-0.2, -0.15) is 0 Å². The van der Waals surface area contributed by atoms with E-state index in [-0.39, 0.29) is 4.90 Å². The second-order valence-electron chi connectivity index (χ2n) is 8.13. The number of hydrogen-bond donors (Lipinski definition) is 2. The predicted octanol–water partition coefficient (Wildman–Crippen LogP) is 3.16. The number of aromatic nitrogens is 2. The van der Waals surface area contributed by atoms with Crippen molar-refractivity contribution in [2.75, 3.05) is 23.3 Å². The minimum atomic E-state index is -3.61. The van der Waals surface area contributed by atoms with Crippen LogP contribution < -0.4 is 14.9 Å². The molecule has 0 bridgehead atoms. The van der Waals surface area contributed by atoms with Crippen LogP contribution in [0, 0.1) is 0 Å². The number of rotatable bonds is 6. The Morgan fingerprint density at radius 1 is 1.07 bits per heavy atom. The summed E-state index contributed by atoms with van der Waals surface area (Å²) in [6, 6.07) is 8.95. The van der Waals surface area contributed by atoms with Crippen LogP contribution in [0.4, 0.5) is 11.6 Å². The van der Waals surface area contributed by atoms with Crippen LogP contribution in [0.25, 0.3) is 0 Å². The molecule has 1 aliphatic rings. The third kappa shape index (κ3) is 5.42. The lowest BCUT2D eigenvalue weighted by molar-refractivity contribution is 0.491. The molecule has 0 unspecified atom stereocenters. The van der Waals surface area contributed by atoms with Gasteiger partial charge in [-0.15, -0.1) is 0 Å². The van der Waals surface area contributed by atoms with Gasteiger partial charge in [0.1, 0.15) is 18.0 Å². The number of piperidine rings is 1. The monoisotopic (exact) mass is 403 g/mol. The summed E-state index contributed by atoms with van der Waals surface area (Å²) >= 11 is 0. The molecule has 0 spiro atoms. The number of nitrogens with one attached hydrogen (secondary N) is 2. The zero-order chi connectivity index (χ0) is 20.2. The molecule has 1 fully saturated rings. The smallest absolute Gasteiger partial charge is 0.241 e. The van der Waals surface area contributed by atoms with Crippen molar-refractivity contribution in [3.63, 3.8) is 0 Å². The van der Waals surface area contributed by atoms with E-state index >= 15 is 0 Å². The summed E-state index contributed by atoms with van der Waals surface area (Å²) in [4.78, 5) is 11.2. The number of anilines is 2. The molecule has 1 aliphatic heterocycles. The van der Waals surface area contributed by atoms with Crippen molar-refractivity contribution in [1.82, 2.24) is 14.7 Å². The van der Waals surface area contributed by atoms with Gasteiger partial charge in [0.15, 0.2) is 0 Å². The lowest BCUT2D eigenvalue weighted by Gasteiger charge is -2.27. The average Bonchev–Trinajstić information content (AvgIpc) is 2.66.